The number of guanidine groups is 1. The van der Waals surface area contributed by atoms with Crippen molar-refractivity contribution in [2.24, 2.45) is 4.99 Å². The van der Waals surface area contributed by atoms with Gasteiger partial charge >= 0.3 is 0 Å². The molecule has 7 nitrogen and oxygen atoms in total. The Hall–Kier alpha value is -1.85. The monoisotopic (exact) mass is 501 g/mol. The van der Waals surface area contributed by atoms with Crippen LogP contribution in [-0.2, 0) is 11.3 Å². The van der Waals surface area contributed by atoms with Crippen LogP contribution < -0.4 is 15.4 Å². The third kappa shape index (κ3) is 6.36. The Morgan fingerprint density at radius 1 is 1.33 bits per heavy atom. The molecule has 1 aromatic carbocycles. The van der Waals surface area contributed by atoms with Crippen LogP contribution in [0, 0.1) is 0 Å². The fraction of sp³-hybridized carbons (Fsp3) is 0.333. The molecule has 2 N–H and O–H groups in total. The normalized spacial score (nSPS) is 11.3. The summed E-state index contributed by atoms with van der Waals surface area (Å²) < 4.78 is 12.8. The van der Waals surface area contributed by atoms with Gasteiger partial charge in [-0.15, -0.1) is 35.3 Å². The van der Waals surface area contributed by atoms with Crippen molar-refractivity contribution in [3.63, 3.8) is 0 Å². The maximum absolute atomic E-state index is 5.73. The molecule has 0 saturated heterocycles. The van der Waals surface area contributed by atoms with Gasteiger partial charge in [-0.2, -0.15) is 0 Å². The Balaban J connectivity index is 0.00000261. The molecule has 0 atom stereocenters. The number of aliphatic imine (C=N–C) groups is 1. The number of anilines is 1. The van der Waals surface area contributed by atoms with Gasteiger partial charge in [-0.1, -0.05) is 6.07 Å². The minimum atomic E-state index is 0. The molecular formula is C18H24IN5O2S. The summed E-state index contributed by atoms with van der Waals surface area (Å²) in [6.07, 6.45) is 4.88. The van der Waals surface area contributed by atoms with Gasteiger partial charge in [0, 0.05) is 56.7 Å². The van der Waals surface area contributed by atoms with Crippen molar-refractivity contribution in [3.8, 4) is 5.75 Å². The topological polar surface area (TPSA) is 72.2 Å². The van der Waals surface area contributed by atoms with Crippen LogP contribution in [0.3, 0.4) is 0 Å². The molecule has 27 heavy (non-hydrogen) atoms. The number of imidazole rings is 1. The Bertz CT molecular complexity index is 836. The van der Waals surface area contributed by atoms with E-state index < -0.39 is 0 Å². The molecule has 3 aromatic rings. The van der Waals surface area contributed by atoms with Gasteiger partial charge in [-0.25, -0.2) is 4.98 Å². The highest BCUT2D eigenvalue weighted by Gasteiger charge is 2.05. The molecule has 0 unspecified atom stereocenters. The van der Waals surface area contributed by atoms with E-state index in [-0.39, 0.29) is 24.0 Å². The van der Waals surface area contributed by atoms with Gasteiger partial charge in [0.15, 0.2) is 10.9 Å². The fourth-order valence-corrected chi connectivity index (χ4v) is 3.13. The number of aromatic nitrogens is 2. The van der Waals surface area contributed by atoms with Gasteiger partial charge in [-0.3, -0.25) is 9.39 Å². The summed E-state index contributed by atoms with van der Waals surface area (Å²) in [5.41, 5.74) is 1.88. The first kappa shape index (κ1) is 21.5. The maximum Gasteiger partial charge on any atom is 0.195 e. The molecular weight excluding hydrogens is 477 g/mol. The zero-order chi connectivity index (χ0) is 18.2. The SMILES string of the molecule is CN=C(NCc1cn2ccsc2n1)Nc1cccc(OCCCOC)c1.I. The van der Waals surface area contributed by atoms with Crippen molar-refractivity contribution in [3.05, 3.63) is 47.7 Å². The predicted molar refractivity (Wildman–Crippen MR) is 121 cm³/mol. The number of benzene rings is 1. The highest BCUT2D eigenvalue weighted by Crippen LogP contribution is 2.17. The molecule has 146 valence electrons. The first-order chi connectivity index (χ1) is 12.8. The maximum atomic E-state index is 5.73. The third-order valence-electron chi connectivity index (χ3n) is 3.66. The van der Waals surface area contributed by atoms with E-state index in [0.29, 0.717) is 25.7 Å². The zero-order valence-electron chi connectivity index (χ0n) is 15.3. The van der Waals surface area contributed by atoms with E-state index in [0.717, 1.165) is 28.5 Å². The Morgan fingerprint density at radius 2 is 2.22 bits per heavy atom. The standard InChI is InChI=1S/C18H23N5O2S.HI/c1-19-17(20-12-15-13-23-7-10-26-18(23)22-15)21-14-5-3-6-16(11-14)25-9-4-8-24-2;/h3,5-7,10-11,13H,4,8-9,12H2,1-2H3,(H2,19,20,21);1H. The molecule has 0 bridgehead atoms. The number of ether oxygens (including phenoxy) is 2. The summed E-state index contributed by atoms with van der Waals surface area (Å²) in [6.45, 7) is 1.92. The van der Waals surface area contributed by atoms with Gasteiger partial charge in [0.1, 0.15) is 5.75 Å². The molecule has 0 fully saturated rings. The Labute approximate surface area is 179 Å². The molecule has 3 rings (SSSR count). The molecule has 0 amide bonds. The van der Waals surface area contributed by atoms with Crippen molar-refractivity contribution in [1.82, 2.24) is 14.7 Å². The van der Waals surface area contributed by atoms with Crippen LogP contribution in [0.2, 0.25) is 0 Å². The van der Waals surface area contributed by atoms with Crippen LogP contribution in [0.5, 0.6) is 5.75 Å². The first-order valence-corrected chi connectivity index (χ1v) is 9.27. The molecule has 0 spiro atoms. The lowest BCUT2D eigenvalue weighted by Crippen LogP contribution is -2.30. The zero-order valence-corrected chi connectivity index (χ0v) is 18.5. The number of nitrogens with one attached hydrogen (secondary N) is 2. The van der Waals surface area contributed by atoms with Crippen LogP contribution in [0.1, 0.15) is 12.1 Å². The van der Waals surface area contributed by atoms with E-state index in [2.05, 4.69) is 20.6 Å². The highest BCUT2D eigenvalue weighted by atomic mass is 127. The molecule has 0 radical (unpaired) electrons. The van der Waals surface area contributed by atoms with E-state index in [1.807, 2.05) is 46.4 Å². The molecule has 9 heteroatoms. The molecule has 0 aliphatic carbocycles. The van der Waals surface area contributed by atoms with E-state index in [1.165, 1.54) is 0 Å². The summed E-state index contributed by atoms with van der Waals surface area (Å²) in [4.78, 5) is 9.81. The van der Waals surface area contributed by atoms with Crippen LogP contribution in [-0.4, -0.2) is 42.7 Å². The number of nitrogens with zero attached hydrogens (tertiary/aromatic N) is 3. The smallest absolute Gasteiger partial charge is 0.195 e. The number of thiazole rings is 1. The number of methoxy groups -OCH3 is 1. The van der Waals surface area contributed by atoms with E-state index in [4.69, 9.17) is 9.47 Å². The van der Waals surface area contributed by atoms with Gasteiger partial charge < -0.3 is 20.1 Å². The van der Waals surface area contributed by atoms with Crippen LogP contribution in [0.25, 0.3) is 4.96 Å². The summed E-state index contributed by atoms with van der Waals surface area (Å²) in [5, 5.41) is 8.56. The van der Waals surface area contributed by atoms with Gasteiger partial charge in [0.2, 0.25) is 0 Å². The van der Waals surface area contributed by atoms with Crippen molar-refractivity contribution in [2.75, 3.05) is 32.7 Å². The Morgan fingerprint density at radius 3 is 3.00 bits per heavy atom. The third-order valence-corrected chi connectivity index (χ3v) is 4.43. The lowest BCUT2D eigenvalue weighted by Gasteiger charge is -2.12. The van der Waals surface area contributed by atoms with Crippen LogP contribution >= 0.6 is 35.3 Å². The van der Waals surface area contributed by atoms with Crippen molar-refractivity contribution in [2.45, 2.75) is 13.0 Å². The molecule has 0 aliphatic heterocycles. The highest BCUT2D eigenvalue weighted by molar-refractivity contribution is 14.0. The average molecular weight is 501 g/mol. The van der Waals surface area contributed by atoms with Gasteiger partial charge in [-0.05, 0) is 12.1 Å². The van der Waals surface area contributed by atoms with E-state index >= 15 is 0 Å². The van der Waals surface area contributed by atoms with E-state index in [1.54, 1.807) is 25.5 Å². The van der Waals surface area contributed by atoms with Crippen LogP contribution in [0.4, 0.5) is 5.69 Å². The number of hydrogen-bond acceptors (Lipinski definition) is 5. The molecule has 0 saturated carbocycles. The lowest BCUT2D eigenvalue weighted by atomic mass is 10.3. The summed E-state index contributed by atoms with van der Waals surface area (Å²) in [6, 6.07) is 7.81. The van der Waals surface area contributed by atoms with Crippen molar-refractivity contribution < 1.29 is 9.47 Å². The number of hydrogen-bond donors (Lipinski definition) is 2. The molecule has 0 aliphatic rings. The summed E-state index contributed by atoms with van der Waals surface area (Å²) >= 11 is 1.62. The summed E-state index contributed by atoms with van der Waals surface area (Å²) in [7, 11) is 3.43. The van der Waals surface area contributed by atoms with Gasteiger partial charge in [0.05, 0.1) is 18.8 Å². The molecule has 2 aromatic heterocycles. The number of rotatable bonds is 8. The van der Waals surface area contributed by atoms with E-state index in [9.17, 15) is 0 Å². The van der Waals surface area contributed by atoms with Crippen molar-refractivity contribution >= 4 is 51.9 Å². The second kappa shape index (κ2) is 11.1. The fourth-order valence-electron chi connectivity index (χ4n) is 2.41. The second-order valence-corrected chi connectivity index (χ2v) is 6.47. The second-order valence-electron chi connectivity index (χ2n) is 5.60. The first-order valence-electron chi connectivity index (χ1n) is 8.39. The Kier molecular flexibility index (Phi) is 8.82. The summed E-state index contributed by atoms with van der Waals surface area (Å²) in [5.74, 6) is 1.49. The van der Waals surface area contributed by atoms with Gasteiger partial charge in [0.25, 0.3) is 0 Å². The van der Waals surface area contributed by atoms with Crippen LogP contribution in [0.15, 0.2) is 47.0 Å². The lowest BCUT2D eigenvalue weighted by molar-refractivity contribution is 0.172. The number of fused-ring (bicyclic) bond motifs is 1. The quantitative estimate of drug-likeness (QED) is 0.214. The molecule has 2 heterocycles. The minimum absolute atomic E-state index is 0. The predicted octanol–water partition coefficient (Wildman–Crippen LogP) is 3.62. The minimum Gasteiger partial charge on any atom is -0.493 e. The number of halogens is 1. The largest absolute Gasteiger partial charge is 0.493 e. The average Bonchev–Trinajstić information content (AvgIpc) is 3.24. The van der Waals surface area contributed by atoms with Crippen molar-refractivity contribution in [1.29, 1.82) is 0 Å².